The second kappa shape index (κ2) is 8.36. The summed E-state index contributed by atoms with van der Waals surface area (Å²) in [5.41, 5.74) is 0.841. The molecule has 0 unspecified atom stereocenters. The van der Waals surface area contributed by atoms with Gasteiger partial charge in [-0.3, -0.25) is 0 Å². The molecule has 0 radical (unpaired) electrons. The molecule has 1 saturated heterocycles. The predicted octanol–water partition coefficient (Wildman–Crippen LogP) is 2.10. The highest BCUT2D eigenvalue weighted by Crippen LogP contribution is 2.16. The molecule has 0 aromatic heterocycles. The molecule has 0 saturated carbocycles. The lowest BCUT2D eigenvalue weighted by Gasteiger charge is -2.30. The van der Waals surface area contributed by atoms with Crippen molar-refractivity contribution in [3.05, 3.63) is 35.6 Å². The number of benzene rings is 1. The molecular weight excluding hydrogens is 301 g/mol. The van der Waals surface area contributed by atoms with Gasteiger partial charge in [0.2, 0.25) is 0 Å². The average Bonchev–Trinajstić information content (AvgIpc) is 2.59. The number of hydrogen-bond donors (Lipinski definition) is 2. The highest BCUT2D eigenvalue weighted by atomic mass is 19.1. The monoisotopic (exact) mass is 323 g/mol. The molecule has 0 aliphatic carbocycles. The molecule has 1 aliphatic heterocycles. The standard InChI is InChI=1S/C16H22FN3O3/c1-23-16(22)20-8-6-13(7-9-20)11-19-15(21)18-10-12-2-4-14(17)5-3-12/h2-5,13H,6-11H2,1H3,(H2,18,19,21). The van der Waals surface area contributed by atoms with Gasteiger partial charge in [-0.2, -0.15) is 0 Å². The maximum atomic E-state index is 12.8. The molecule has 0 bridgehead atoms. The summed E-state index contributed by atoms with van der Waals surface area (Å²) in [5.74, 6) is 0.0592. The SMILES string of the molecule is COC(=O)N1CCC(CNC(=O)NCc2ccc(F)cc2)CC1. The van der Waals surface area contributed by atoms with Crippen molar-refractivity contribution in [2.75, 3.05) is 26.7 Å². The topological polar surface area (TPSA) is 70.7 Å². The summed E-state index contributed by atoms with van der Waals surface area (Å²) in [7, 11) is 1.38. The number of hydrogen-bond acceptors (Lipinski definition) is 3. The highest BCUT2D eigenvalue weighted by molar-refractivity contribution is 5.73. The van der Waals surface area contributed by atoms with Crippen LogP contribution in [0, 0.1) is 11.7 Å². The molecule has 23 heavy (non-hydrogen) atoms. The maximum absolute atomic E-state index is 12.8. The van der Waals surface area contributed by atoms with E-state index in [4.69, 9.17) is 0 Å². The molecular formula is C16H22FN3O3. The minimum absolute atomic E-state index is 0.246. The van der Waals surface area contributed by atoms with E-state index in [-0.39, 0.29) is 17.9 Å². The third-order valence-corrected chi connectivity index (χ3v) is 3.96. The summed E-state index contributed by atoms with van der Waals surface area (Å²) in [4.78, 5) is 24.8. The molecule has 2 rings (SSSR count). The lowest BCUT2D eigenvalue weighted by atomic mass is 9.97. The van der Waals surface area contributed by atoms with Gasteiger partial charge in [0.25, 0.3) is 0 Å². The van der Waals surface area contributed by atoms with E-state index in [9.17, 15) is 14.0 Å². The average molecular weight is 323 g/mol. The van der Waals surface area contributed by atoms with Crippen molar-refractivity contribution < 1.29 is 18.7 Å². The number of piperidine rings is 1. The quantitative estimate of drug-likeness (QED) is 0.891. The highest BCUT2D eigenvalue weighted by Gasteiger charge is 2.23. The normalized spacial score (nSPS) is 15.1. The molecule has 3 amide bonds. The van der Waals surface area contributed by atoms with Gasteiger partial charge in [0.05, 0.1) is 7.11 Å². The number of nitrogens with zero attached hydrogens (tertiary/aromatic N) is 1. The van der Waals surface area contributed by atoms with Crippen LogP contribution in [-0.2, 0) is 11.3 Å². The Labute approximate surface area is 135 Å². The number of carbonyl (C=O) groups is 2. The van der Waals surface area contributed by atoms with Crippen LogP contribution in [0.15, 0.2) is 24.3 Å². The van der Waals surface area contributed by atoms with Crippen molar-refractivity contribution >= 4 is 12.1 Å². The van der Waals surface area contributed by atoms with Crippen LogP contribution in [0.3, 0.4) is 0 Å². The molecule has 1 fully saturated rings. The summed E-state index contributed by atoms with van der Waals surface area (Å²) in [6.07, 6.45) is 1.38. The second-order valence-electron chi connectivity index (χ2n) is 5.59. The van der Waals surface area contributed by atoms with Crippen LogP contribution in [-0.4, -0.2) is 43.8 Å². The van der Waals surface area contributed by atoms with Crippen molar-refractivity contribution in [1.29, 1.82) is 0 Å². The van der Waals surface area contributed by atoms with Crippen LogP contribution in [0.5, 0.6) is 0 Å². The molecule has 1 heterocycles. The third-order valence-electron chi connectivity index (χ3n) is 3.96. The van der Waals surface area contributed by atoms with Crippen LogP contribution in [0.1, 0.15) is 18.4 Å². The van der Waals surface area contributed by atoms with E-state index in [1.165, 1.54) is 19.2 Å². The molecule has 0 atom stereocenters. The Bertz CT molecular complexity index is 528. The summed E-state index contributed by atoms with van der Waals surface area (Å²) in [6.45, 7) is 2.23. The Kier molecular flexibility index (Phi) is 6.19. The number of ether oxygens (including phenoxy) is 1. The maximum Gasteiger partial charge on any atom is 0.409 e. The summed E-state index contributed by atoms with van der Waals surface area (Å²) in [6, 6.07) is 5.76. The zero-order valence-electron chi connectivity index (χ0n) is 13.2. The molecule has 0 spiro atoms. The van der Waals surface area contributed by atoms with Gasteiger partial charge in [0, 0.05) is 26.2 Å². The van der Waals surface area contributed by atoms with E-state index in [0.29, 0.717) is 32.1 Å². The zero-order valence-corrected chi connectivity index (χ0v) is 13.2. The van der Waals surface area contributed by atoms with Crippen LogP contribution in [0.25, 0.3) is 0 Å². The van der Waals surface area contributed by atoms with Gasteiger partial charge in [0.15, 0.2) is 0 Å². The van der Waals surface area contributed by atoms with Gasteiger partial charge in [-0.15, -0.1) is 0 Å². The van der Waals surface area contributed by atoms with E-state index in [2.05, 4.69) is 15.4 Å². The molecule has 126 valence electrons. The third kappa shape index (κ3) is 5.43. The Balaban J connectivity index is 1.63. The van der Waals surface area contributed by atoms with Crippen molar-refractivity contribution in [3.8, 4) is 0 Å². The van der Waals surface area contributed by atoms with Crippen molar-refractivity contribution in [1.82, 2.24) is 15.5 Å². The summed E-state index contributed by atoms with van der Waals surface area (Å²) >= 11 is 0. The van der Waals surface area contributed by atoms with Gasteiger partial charge in [-0.1, -0.05) is 12.1 Å². The van der Waals surface area contributed by atoms with E-state index in [1.54, 1.807) is 17.0 Å². The zero-order chi connectivity index (χ0) is 16.7. The van der Waals surface area contributed by atoms with E-state index >= 15 is 0 Å². The predicted molar refractivity (Wildman–Crippen MR) is 83.3 cm³/mol. The van der Waals surface area contributed by atoms with Gasteiger partial charge >= 0.3 is 12.1 Å². The molecule has 1 aliphatic rings. The second-order valence-corrected chi connectivity index (χ2v) is 5.59. The van der Waals surface area contributed by atoms with Crippen molar-refractivity contribution in [2.24, 2.45) is 5.92 Å². The Morgan fingerprint density at radius 2 is 1.87 bits per heavy atom. The van der Waals surface area contributed by atoms with E-state index in [0.717, 1.165) is 18.4 Å². The number of urea groups is 1. The molecule has 1 aromatic carbocycles. The first-order valence-electron chi connectivity index (χ1n) is 7.67. The van der Waals surface area contributed by atoms with Crippen LogP contribution < -0.4 is 10.6 Å². The van der Waals surface area contributed by atoms with Crippen LogP contribution in [0.2, 0.25) is 0 Å². The molecule has 1 aromatic rings. The molecule has 7 heteroatoms. The van der Waals surface area contributed by atoms with Gasteiger partial charge in [-0.25, -0.2) is 14.0 Å². The number of rotatable bonds is 4. The van der Waals surface area contributed by atoms with Crippen LogP contribution in [0.4, 0.5) is 14.0 Å². The minimum Gasteiger partial charge on any atom is -0.453 e. The number of amides is 3. The number of methoxy groups -OCH3 is 1. The molecule has 6 nitrogen and oxygen atoms in total. The minimum atomic E-state index is -0.298. The summed E-state index contributed by atoms with van der Waals surface area (Å²) in [5, 5.41) is 5.57. The van der Waals surface area contributed by atoms with Crippen molar-refractivity contribution in [3.63, 3.8) is 0 Å². The number of halogens is 1. The fourth-order valence-electron chi connectivity index (χ4n) is 2.53. The lowest BCUT2D eigenvalue weighted by molar-refractivity contribution is 0.106. The molecule has 2 N–H and O–H groups in total. The number of likely N-dealkylation sites (tertiary alicyclic amines) is 1. The Morgan fingerprint density at radius 1 is 1.22 bits per heavy atom. The number of carbonyl (C=O) groups excluding carboxylic acids is 2. The van der Waals surface area contributed by atoms with Crippen LogP contribution >= 0.6 is 0 Å². The fraction of sp³-hybridized carbons (Fsp3) is 0.500. The summed E-state index contributed by atoms with van der Waals surface area (Å²) < 4.78 is 17.5. The smallest absolute Gasteiger partial charge is 0.409 e. The Hall–Kier alpha value is -2.31. The van der Waals surface area contributed by atoms with Gasteiger partial charge in [0.1, 0.15) is 5.82 Å². The Morgan fingerprint density at radius 3 is 2.48 bits per heavy atom. The lowest BCUT2D eigenvalue weighted by Crippen LogP contribution is -2.43. The van der Waals surface area contributed by atoms with Crippen molar-refractivity contribution in [2.45, 2.75) is 19.4 Å². The first-order valence-corrected chi connectivity index (χ1v) is 7.67. The van der Waals surface area contributed by atoms with Gasteiger partial charge in [-0.05, 0) is 36.5 Å². The number of nitrogens with one attached hydrogen (secondary N) is 2. The fourth-order valence-corrected chi connectivity index (χ4v) is 2.53. The first-order chi connectivity index (χ1) is 11.1. The largest absolute Gasteiger partial charge is 0.453 e. The first kappa shape index (κ1) is 17.1. The van der Waals surface area contributed by atoms with E-state index < -0.39 is 0 Å². The van der Waals surface area contributed by atoms with E-state index in [1.807, 2.05) is 0 Å². The van der Waals surface area contributed by atoms with Gasteiger partial charge < -0.3 is 20.3 Å².